The van der Waals surface area contributed by atoms with Crippen molar-refractivity contribution in [2.45, 2.75) is 32.9 Å². The second-order valence-corrected chi connectivity index (χ2v) is 7.26. The van der Waals surface area contributed by atoms with Crippen molar-refractivity contribution in [2.75, 3.05) is 33.4 Å². The molecular formula is C19H25N5O2. The first kappa shape index (κ1) is 17.2. The van der Waals surface area contributed by atoms with Crippen LogP contribution >= 0.6 is 0 Å². The summed E-state index contributed by atoms with van der Waals surface area (Å²) in [6, 6.07) is 6.35. The highest BCUT2D eigenvalue weighted by Crippen LogP contribution is 2.26. The average Bonchev–Trinajstić information content (AvgIpc) is 3.02. The number of rotatable bonds is 2. The van der Waals surface area contributed by atoms with Crippen LogP contribution in [0.25, 0.3) is 5.69 Å². The van der Waals surface area contributed by atoms with Crippen LogP contribution < -0.4 is 0 Å². The fourth-order valence-corrected chi connectivity index (χ4v) is 3.85. The molecule has 1 amide bonds. The number of amides is 1. The van der Waals surface area contributed by atoms with Crippen LogP contribution in [0.4, 0.5) is 0 Å². The highest BCUT2D eigenvalue weighted by atomic mass is 16.5. The SMILES string of the molecule is Cc1c(C(=O)N2CCOC[C@H]2C)nnn1-c1cccc2c1CCN(C)C2. The number of benzene rings is 1. The van der Waals surface area contributed by atoms with Crippen LogP contribution in [0.5, 0.6) is 0 Å². The number of hydrogen-bond acceptors (Lipinski definition) is 5. The Labute approximate surface area is 153 Å². The molecule has 138 valence electrons. The zero-order valence-corrected chi connectivity index (χ0v) is 15.6. The summed E-state index contributed by atoms with van der Waals surface area (Å²) in [4.78, 5) is 17.1. The van der Waals surface area contributed by atoms with Crippen LogP contribution in [0, 0.1) is 6.92 Å². The number of hydrogen-bond donors (Lipinski definition) is 0. The molecular weight excluding hydrogens is 330 g/mol. The van der Waals surface area contributed by atoms with E-state index < -0.39 is 0 Å². The van der Waals surface area contributed by atoms with Crippen LogP contribution in [-0.4, -0.2) is 70.1 Å². The summed E-state index contributed by atoms with van der Waals surface area (Å²) in [5, 5.41) is 8.56. The third-order valence-electron chi connectivity index (χ3n) is 5.39. The van der Waals surface area contributed by atoms with Crippen LogP contribution in [-0.2, 0) is 17.7 Å². The summed E-state index contributed by atoms with van der Waals surface area (Å²) in [5.41, 5.74) is 4.89. The number of likely N-dealkylation sites (N-methyl/N-ethyl adjacent to an activating group) is 1. The number of aromatic nitrogens is 3. The van der Waals surface area contributed by atoms with E-state index >= 15 is 0 Å². The lowest BCUT2D eigenvalue weighted by molar-refractivity contribution is 0.00322. The normalized spacial score (nSPS) is 20.9. The van der Waals surface area contributed by atoms with E-state index in [0.717, 1.165) is 30.9 Å². The van der Waals surface area contributed by atoms with Gasteiger partial charge in [0.25, 0.3) is 5.91 Å². The second kappa shape index (κ2) is 6.81. The highest BCUT2D eigenvalue weighted by Gasteiger charge is 2.29. The molecule has 26 heavy (non-hydrogen) atoms. The number of carbonyl (C=O) groups excluding carboxylic acids is 1. The molecule has 0 bridgehead atoms. The minimum Gasteiger partial charge on any atom is -0.377 e. The smallest absolute Gasteiger partial charge is 0.276 e. The molecule has 0 N–H and O–H groups in total. The summed E-state index contributed by atoms with van der Waals surface area (Å²) in [6.07, 6.45) is 0.977. The molecule has 7 heteroatoms. The van der Waals surface area contributed by atoms with Crippen molar-refractivity contribution in [3.05, 3.63) is 40.7 Å². The Balaban J connectivity index is 1.68. The Bertz CT molecular complexity index is 831. The van der Waals surface area contributed by atoms with Crippen LogP contribution in [0.1, 0.15) is 34.2 Å². The summed E-state index contributed by atoms with van der Waals surface area (Å²) < 4.78 is 7.26. The molecule has 1 atom stereocenters. The van der Waals surface area contributed by atoms with Gasteiger partial charge in [-0.05, 0) is 44.5 Å². The molecule has 2 aliphatic rings. The minimum atomic E-state index is -0.0610. The molecule has 7 nitrogen and oxygen atoms in total. The van der Waals surface area contributed by atoms with Gasteiger partial charge in [0.1, 0.15) is 0 Å². The minimum absolute atomic E-state index is 0.0563. The summed E-state index contributed by atoms with van der Waals surface area (Å²) in [5.74, 6) is -0.0610. The molecule has 2 aliphatic heterocycles. The molecule has 1 aromatic carbocycles. The highest BCUT2D eigenvalue weighted by molar-refractivity contribution is 5.93. The topological polar surface area (TPSA) is 63.5 Å². The molecule has 2 aromatic rings. The van der Waals surface area contributed by atoms with Gasteiger partial charge in [-0.25, -0.2) is 4.68 Å². The Morgan fingerprint density at radius 2 is 2.15 bits per heavy atom. The third kappa shape index (κ3) is 2.91. The fourth-order valence-electron chi connectivity index (χ4n) is 3.85. The molecule has 1 fully saturated rings. The van der Waals surface area contributed by atoms with Gasteiger partial charge in [0, 0.05) is 19.6 Å². The lowest BCUT2D eigenvalue weighted by Crippen LogP contribution is -2.47. The van der Waals surface area contributed by atoms with Crippen LogP contribution in [0.15, 0.2) is 18.2 Å². The number of ether oxygens (including phenoxy) is 1. The van der Waals surface area contributed by atoms with Gasteiger partial charge in [-0.2, -0.15) is 0 Å². The van der Waals surface area contributed by atoms with Crippen molar-refractivity contribution in [3.63, 3.8) is 0 Å². The van der Waals surface area contributed by atoms with E-state index in [2.05, 4.69) is 40.5 Å². The molecule has 0 unspecified atom stereocenters. The molecule has 1 saturated heterocycles. The van der Waals surface area contributed by atoms with E-state index in [1.54, 1.807) is 0 Å². The van der Waals surface area contributed by atoms with Gasteiger partial charge < -0.3 is 14.5 Å². The van der Waals surface area contributed by atoms with Crippen molar-refractivity contribution in [1.82, 2.24) is 24.8 Å². The Kier molecular flexibility index (Phi) is 4.50. The van der Waals surface area contributed by atoms with Gasteiger partial charge in [-0.1, -0.05) is 17.3 Å². The quantitative estimate of drug-likeness (QED) is 0.815. The van der Waals surface area contributed by atoms with E-state index in [0.29, 0.717) is 25.5 Å². The Morgan fingerprint density at radius 1 is 1.31 bits per heavy atom. The Morgan fingerprint density at radius 3 is 2.96 bits per heavy atom. The van der Waals surface area contributed by atoms with Gasteiger partial charge in [0.2, 0.25) is 0 Å². The molecule has 0 spiro atoms. The summed E-state index contributed by atoms with van der Waals surface area (Å²) in [7, 11) is 2.14. The zero-order chi connectivity index (χ0) is 18.3. The lowest BCUT2D eigenvalue weighted by Gasteiger charge is -2.32. The van der Waals surface area contributed by atoms with E-state index in [1.165, 1.54) is 11.1 Å². The van der Waals surface area contributed by atoms with E-state index in [9.17, 15) is 4.79 Å². The van der Waals surface area contributed by atoms with Crippen molar-refractivity contribution >= 4 is 5.91 Å². The predicted octanol–water partition coefficient (Wildman–Crippen LogP) is 1.42. The van der Waals surface area contributed by atoms with E-state index in [1.807, 2.05) is 23.4 Å². The van der Waals surface area contributed by atoms with Gasteiger partial charge in [0.15, 0.2) is 5.69 Å². The van der Waals surface area contributed by atoms with Crippen molar-refractivity contribution < 1.29 is 9.53 Å². The molecule has 4 rings (SSSR count). The standard InChI is InChI=1S/C19H25N5O2/c1-13-12-26-10-9-23(13)19(25)18-14(2)24(21-20-18)17-6-4-5-15-11-22(3)8-7-16(15)17/h4-6,13H,7-12H2,1-3H3/t13-/m1/s1. The van der Waals surface area contributed by atoms with Gasteiger partial charge >= 0.3 is 0 Å². The van der Waals surface area contributed by atoms with Crippen molar-refractivity contribution in [3.8, 4) is 5.69 Å². The van der Waals surface area contributed by atoms with Gasteiger partial charge in [0.05, 0.1) is 30.6 Å². The first-order valence-corrected chi connectivity index (χ1v) is 9.17. The average molecular weight is 355 g/mol. The maximum atomic E-state index is 13.0. The first-order chi connectivity index (χ1) is 12.6. The summed E-state index contributed by atoms with van der Waals surface area (Å²) >= 11 is 0. The second-order valence-electron chi connectivity index (χ2n) is 7.26. The monoisotopic (exact) mass is 355 g/mol. The fraction of sp³-hybridized carbons (Fsp3) is 0.526. The van der Waals surface area contributed by atoms with E-state index in [4.69, 9.17) is 4.74 Å². The van der Waals surface area contributed by atoms with Crippen LogP contribution in [0.3, 0.4) is 0 Å². The zero-order valence-electron chi connectivity index (χ0n) is 15.6. The molecule has 0 radical (unpaired) electrons. The molecule has 0 saturated carbocycles. The maximum Gasteiger partial charge on any atom is 0.276 e. The molecule has 3 heterocycles. The van der Waals surface area contributed by atoms with E-state index in [-0.39, 0.29) is 11.9 Å². The summed E-state index contributed by atoms with van der Waals surface area (Å²) in [6.45, 7) is 7.62. The number of morpholine rings is 1. The third-order valence-corrected chi connectivity index (χ3v) is 5.39. The largest absolute Gasteiger partial charge is 0.377 e. The Hall–Kier alpha value is -2.25. The van der Waals surface area contributed by atoms with Crippen LogP contribution in [0.2, 0.25) is 0 Å². The number of carbonyl (C=O) groups is 1. The van der Waals surface area contributed by atoms with Crippen molar-refractivity contribution in [1.29, 1.82) is 0 Å². The number of nitrogens with zero attached hydrogens (tertiary/aromatic N) is 5. The lowest BCUT2D eigenvalue weighted by atomic mass is 9.98. The first-order valence-electron chi connectivity index (χ1n) is 9.17. The van der Waals surface area contributed by atoms with Gasteiger partial charge in [-0.3, -0.25) is 4.79 Å². The number of fused-ring (bicyclic) bond motifs is 1. The van der Waals surface area contributed by atoms with Gasteiger partial charge in [-0.15, -0.1) is 5.10 Å². The molecule has 1 aromatic heterocycles. The predicted molar refractivity (Wildman–Crippen MR) is 97.5 cm³/mol. The van der Waals surface area contributed by atoms with Crippen molar-refractivity contribution in [2.24, 2.45) is 0 Å². The maximum absolute atomic E-state index is 13.0. The molecule has 0 aliphatic carbocycles.